The van der Waals surface area contributed by atoms with Gasteiger partial charge in [0.1, 0.15) is 5.69 Å². The van der Waals surface area contributed by atoms with Gasteiger partial charge >= 0.3 is 0 Å². The Hall–Kier alpha value is -2.66. The van der Waals surface area contributed by atoms with Crippen LogP contribution >= 0.6 is 0 Å². The van der Waals surface area contributed by atoms with Gasteiger partial charge in [-0.25, -0.2) is 0 Å². The molecule has 1 saturated heterocycles. The summed E-state index contributed by atoms with van der Waals surface area (Å²) < 4.78 is 5.32. The molecule has 0 bridgehead atoms. The summed E-state index contributed by atoms with van der Waals surface area (Å²) in [5, 5.41) is 5.02. The lowest BCUT2D eigenvalue weighted by Crippen LogP contribution is -2.36. The molecule has 2 aromatic carbocycles. The van der Waals surface area contributed by atoms with Crippen molar-refractivity contribution in [2.24, 2.45) is 0 Å². The van der Waals surface area contributed by atoms with Gasteiger partial charge in [-0.2, -0.15) is 0 Å². The molecule has 1 fully saturated rings. The topological polar surface area (TPSA) is 49.6 Å². The Balaban J connectivity index is 1.37. The van der Waals surface area contributed by atoms with Crippen LogP contribution in [0, 0.1) is 0 Å². The molecule has 0 radical (unpaired) electrons. The Labute approximate surface area is 153 Å². The van der Waals surface area contributed by atoms with E-state index in [9.17, 15) is 4.79 Å². The molecule has 5 heteroatoms. The summed E-state index contributed by atoms with van der Waals surface area (Å²) in [7, 11) is 0. The zero-order valence-electron chi connectivity index (χ0n) is 14.8. The zero-order valence-corrected chi connectivity index (χ0v) is 14.8. The summed E-state index contributed by atoms with van der Waals surface area (Å²) >= 11 is 0. The molecule has 26 heavy (non-hydrogen) atoms. The number of rotatable bonds is 4. The van der Waals surface area contributed by atoms with Crippen molar-refractivity contribution in [3.63, 3.8) is 0 Å². The predicted octanol–water partition coefficient (Wildman–Crippen LogP) is 3.10. The van der Waals surface area contributed by atoms with E-state index in [1.54, 1.807) is 0 Å². The van der Waals surface area contributed by atoms with Crippen molar-refractivity contribution < 1.29 is 9.32 Å². The highest BCUT2D eigenvalue weighted by Gasteiger charge is 2.21. The summed E-state index contributed by atoms with van der Waals surface area (Å²) in [6.45, 7) is 4.43. The minimum absolute atomic E-state index is 0.130. The van der Waals surface area contributed by atoms with Gasteiger partial charge in [-0.05, 0) is 24.1 Å². The lowest BCUT2D eigenvalue weighted by molar-refractivity contribution is -0.130. The van der Waals surface area contributed by atoms with Gasteiger partial charge in [0.15, 0.2) is 5.58 Å². The molecule has 1 aliphatic rings. The molecule has 0 unspecified atom stereocenters. The lowest BCUT2D eigenvalue weighted by Gasteiger charge is -2.22. The minimum atomic E-state index is 0.130. The molecular formula is C21H23N3O2. The summed E-state index contributed by atoms with van der Waals surface area (Å²) in [6.07, 6.45) is 1.30. The fourth-order valence-corrected chi connectivity index (χ4v) is 3.54. The molecule has 5 nitrogen and oxygen atoms in total. The first kappa shape index (κ1) is 16.8. The Kier molecular flexibility index (Phi) is 4.97. The van der Waals surface area contributed by atoms with Crippen LogP contribution in [0.4, 0.5) is 0 Å². The van der Waals surface area contributed by atoms with Crippen LogP contribution in [0.25, 0.3) is 11.0 Å². The molecule has 2 heterocycles. The number of carbonyl (C=O) groups is 1. The van der Waals surface area contributed by atoms with Crippen molar-refractivity contribution in [2.45, 2.75) is 19.4 Å². The molecule has 0 saturated carbocycles. The normalized spacial score (nSPS) is 15.9. The van der Waals surface area contributed by atoms with E-state index >= 15 is 0 Å². The van der Waals surface area contributed by atoms with E-state index in [0.717, 1.165) is 55.8 Å². The Morgan fingerprint density at radius 3 is 2.65 bits per heavy atom. The van der Waals surface area contributed by atoms with Crippen molar-refractivity contribution in [3.8, 4) is 0 Å². The second-order valence-electron chi connectivity index (χ2n) is 6.80. The van der Waals surface area contributed by atoms with Gasteiger partial charge in [-0.3, -0.25) is 9.69 Å². The number of para-hydroxylation sites is 1. The van der Waals surface area contributed by atoms with Gasteiger partial charge < -0.3 is 9.42 Å². The lowest BCUT2D eigenvalue weighted by atomic mass is 10.1. The number of fused-ring (bicyclic) bond motifs is 1. The van der Waals surface area contributed by atoms with Crippen LogP contribution in [0.3, 0.4) is 0 Å². The average molecular weight is 349 g/mol. The highest BCUT2D eigenvalue weighted by molar-refractivity contribution is 5.86. The van der Waals surface area contributed by atoms with Gasteiger partial charge in [0.25, 0.3) is 0 Å². The Morgan fingerprint density at radius 2 is 1.77 bits per heavy atom. The van der Waals surface area contributed by atoms with Crippen molar-refractivity contribution in [1.82, 2.24) is 15.0 Å². The number of benzene rings is 2. The zero-order chi connectivity index (χ0) is 17.8. The number of hydrogen-bond donors (Lipinski definition) is 0. The number of nitrogens with zero attached hydrogens (tertiary/aromatic N) is 3. The molecule has 3 aromatic rings. The number of carbonyl (C=O) groups excluding carboxylic acids is 1. The minimum Gasteiger partial charge on any atom is -0.356 e. The Morgan fingerprint density at radius 1 is 0.962 bits per heavy atom. The second kappa shape index (κ2) is 7.70. The highest BCUT2D eigenvalue weighted by atomic mass is 16.5. The predicted molar refractivity (Wildman–Crippen MR) is 101 cm³/mol. The summed E-state index contributed by atoms with van der Waals surface area (Å²) in [5.41, 5.74) is 2.79. The van der Waals surface area contributed by atoms with E-state index in [0.29, 0.717) is 6.42 Å². The third-order valence-electron chi connectivity index (χ3n) is 4.96. The molecule has 4 rings (SSSR count). The number of hydrogen-bond acceptors (Lipinski definition) is 4. The smallest absolute Gasteiger partial charge is 0.228 e. The van der Waals surface area contributed by atoms with E-state index < -0.39 is 0 Å². The van der Waals surface area contributed by atoms with Crippen LogP contribution in [0.1, 0.15) is 17.7 Å². The summed E-state index contributed by atoms with van der Waals surface area (Å²) in [5.74, 6) is 0.130. The quantitative estimate of drug-likeness (QED) is 0.726. The molecule has 134 valence electrons. The van der Waals surface area contributed by atoms with Crippen LogP contribution < -0.4 is 0 Å². The van der Waals surface area contributed by atoms with Crippen molar-refractivity contribution in [1.29, 1.82) is 0 Å². The fourth-order valence-electron chi connectivity index (χ4n) is 3.54. The maximum atomic E-state index is 12.8. The first-order valence-electron chi connectivity index (χ1n) is 9.17. The van der Waals surface area contributed by atoms with E-state index in [4.69, 9.17) is 4.52 Å². The van der Waals surface area contributed by atoms with Gasteiger partial charge in [0.2, 0.25) is 5.91 Å². The SMILES string of the molecule is O=C(Cc1noc2ccccc12)N1CCCN(Cc2ccccc2)CC1. The van der Waals surface area contributed by atoms with Gasteiger partial charge in [0, 0.05) is 38.1 Å². The van der Waals surface area contributed by atoms with E-state index in [-0.39, 0.29) is 5.91 Å². The monoisotopic (exact) mass is 349 g/mol. The molecule has 0 spiro atoms. The molecule has 0 aliphatic carbocycles. The molecule has 1 aliphatic heterocycles. The van der Waals surface area contributed by atoms with Crippen molar-refractivity contribution >= 4 is 16.9 Å². The van der Waals surface area contributed by atoms with Gasteiger partial charge in [0.05, 0.1) is 6.42 Å². The maximum absolute atomic E-state index is 12.8. The second-order valence-corrected chi connectivity index (χ2v) is 6.80. The number of amides is 1. The number of aromatic nitrogens is 1. The first-order chi connectivity index (χ1) is 12.8. The standard InChI is InChI=1S/C21H23N3O2/c25-21(15-19-18-9-4-5-10-20(18)26-22-19)24-12-6-11-23(13-14-24)16-17-7-2-1-3-8-17/h1-5,7-10H,6,11-16H2. The summed E-state index contributed by atoms with van der Waals surface area (Å²) in [6, 6.07) is 18.2. The highest BCUT2D eigenvalue weighted by Crippen LogP contribution is 2.19. The average Bonchev–Trinajstić information content (AvgIpc) is 2.92. The van der Waals surface area contributed by atoms with Crippen molar-refractivity contribution in [3.05, 3.63) is 65.9 Å². The van der Waals surface area contributed by atoms with Crippen LogP contribution in [0.2, 0.25) is 0 Å². The molecule has 0 atom stereocenters. The van der Waals surface area contributed by atoms with Crippen LogP contribution in [0.5, 0.6) is 0 Å². The van der Waals surface area contributed by atoms with Gasteiger partial charge in [-0.15, -0.1) is 0 Å². The third-order valence-corrected chi connectivity index (χ3v) is 4.96. The fraction of sp³-hybridized carbons (Fsp3) is 0.333. The van der Waals surface area contributed by atoms with E-state index in [2.05, 4.69) is 34.3 Å². The van der Waals surface area contributed by atoms with Crippen LogP contribution in [0.15, 0.2) is 59.1 Å². The third kappa shape index (κ3) is 3.78. The Bertz CT molecular complexity index is 875. The van der Waals surface area contributed by atoms with Crippen molar-refractivity contribution in [2.75, 3.05) is 26.2 Å². The summed E-state index contributed by atoms with van der Waals surface area (Å²) in [4.78, 5) is 17.1. The van der Waals surface area contributed by atoms with E-state index in [1.807, 2.05) is 35.2 Å². The molecular weight excluding hydrogens is 326 g/mol. The molecule has 1 aromatic heterocycles. The molecule has 1 amide bonds. The van der Waals surface area contributed by atoms with Gasteiger partial charge in [-0.1, -0.05) is 47.6 Å². The largest absolute Gasteiger partial charge is 0.356 e. The van der Waals surface area contributed by atoms with E-state index in [1.165, 1.54) is 5.56 Å². The first-order valence-corrected chi connectivity index (χ1v) is 9.17. The van der Waals surface area contributed by atoms with Crippen LogP contribution in [-0.2, 0) is 17.8 Å². The maximum Gasteiger partial charge on any atom is 0.228 e. The van der Waals surface area contributed by atoms with Crippen LogP contribution in [-0.4, -0.2) is 47.0 Å². The molecule has 0 N–H and O–H groups in total.